The summed E-state index contributed by atoms with van der Waals surface area (Å²) >= 11 is 0. The number of allylic oxidation sites excluding steroid dienone is 18. The molecular weight excluding hydrogens is 877 g/mol. The third kappa shape index (κ3) is 56.9. The average Bonchev–Trinajstić information content (AvgIpc) is 3.37. The van der Waals surface area contributed by atoms with Crippen LogP contribution in [0.15, 0.2) is 109 Å². The molecule has 0 N–H and O–H groups in total. The van der Waals surface area contributed by atoms with Crippen molar-refractivity contribution in [2.45, 2.75) is 271 Å². The molecule has 404 valence electrons. The lowest BCUT2D eigenvalue weighted by Crippen LogP contribution is -2.30. The van der Waals surface area contributed by atoms with Gasteiger partial charge in [-0.05, 0) is 89.9 Å². The molecule has 0 aromatic carbocycles. The Morgan fingerprint density at radius 1 is 0.296 bits per heavy atom. The van der Waals surface area contributed by atoms with Crippen molar-refractivity contribution >= 4 is 17.9 Å². The number of carbonyl (C=O) groups is 3. The van der Waals surface area contributed by atoms with Crippen LogP contribution in [0.25, 0.3) is 0 Å². The lowest BCUT2D eigenvalue weighted by molar-refractivity contribution is -0.167. The molecule has 0 aromatic rings. The van der Waals surface area contributed by atoms with Crippen LogP contribution in [-0.2, 0) is 28.6 Å². The fourth-order valence-corrected chi connectivity index (χ4v) is 8.00. The lowest BCUT2D eigenvalue weighted by Gasteiger charge is -2.18. The Morgan fingerprint density at radius 2 is 0.563 bits per heavy atom. The molecule has 0 aromatic heterocycles. The second-order valence-corrected chi connectivity index (χ2v) is 19.3. The summed E-state index contributed by atoms with van der Waals surface area (Å²) in [5.74, 6) is -0.950. The summed E-state index contributed by atoms with van der Waals surface area (Å²) in [4.78, 5) is 38.2. The Kier molecular flexibility index (Phi) is 55.4. The molecule has 1 atom stereocenters. The van der Waals surface area contributed by atoms with Gasteiger partial charge in [0.2, 0.25) is 0 Å². The highest BCUT2D eigenvalue weighted by molar-refractivity contribution is 5.71. The Hall–Kier alpha value is -3.93. The van der Waals surface area contributed by atoms with Crippen LogP contribution < -0.4 is 0 Å². The first-order valence-electron chi connectivity index (χ1n) is 29.5. The maximum Gasteiger partial charge on any atom is 0.306 e. The first-order valence-corrected chi connectivity index (χ1v) is 29.5. The molecule has 0 radical (unpaired) electrons. The number of hydrogen-bond donors (Lipinski definition) is 0. The van der Waals surface area contributed by atoms with Crippen molar-refractivity contribution in [2.24, 2.45) is 0 Å². The average molecular weight is 986 g/mol. The topological polar surface area (TPSA) is 78.9 Å². The number of hydrogen-bond acceptors (Lipinski definition) is 6. The SMILES string of the molecule is CC\C=C/C=C\C=C/C=C\C=C\C=C/C=C\CCCCCC(=O)OCC(COC(=O)CCCCCCCCC/C=C\CCCCCC)OC(=O)CCCCCCCCC/C=C\CCCCCCCCCC. The van der Waals surface area contributed by atoms with Gasteiger partial charge in [-0.1, -0.05) is 265 Å². The van der Waals surface area contributed by atoms with Crippen molar-refractivity contribution in [3.63, 3.8) is 0 Å². The zero-order valence-electron chi connectivity index (χ0n) is 46.2. The van der Waals surface area contributed by atoms with Gasteiger partial charge in [0, 0.05) is 19.3 Å². The smallest absolute Gasteiger partial charge is 0.306 e. The first kappa shape index (κ1) is 67.1. The Balaban J connectivity index is 4.50. The van der Waals surface area contributed by atoms with E-state index in [1.165, 1.54) is 154 Å². The summed E-state index contributed by atoms with van der Waals surface area (Å²) in [6.45, 7) is 6.45. The summed E-state index contributed by atoms with van der Waals surface area (Å²) in [6, 6.07) is 0. The highest BCUT2D eigenvalue weighted by Gasteiger charge is 2.19. The monoisotopic (exact) mass is 985 g/mol. The molecular formula is C65H108O6. The fourth-order valence-electron chi connectivity index (χ4n) is 8.00. The van der Waals surface area contributed by atoms with Gasteiger partial charge in [0.15, 0.2) is 6.10 Å². The molecule has 6 nitrogen and oxygen atoms in total. The van der Waals surface area contributed by atoms with Gasteiger partial charge in [0.1, 0.15) is 13.2 Å². The molecule has 1 unspecified atom stereocenters. The van der Waals surface area contributed by atoms with Crippen LogP contribution in [0.2, 0.25) is 0 Å². The summed E-state index contributed by atoms with van der Waals surface area (Å²) in [6.07, 6.45) is 79.3. The third-order valence-corrected chi connectivity index (χ3v) is 12.4. The van der Waals surface area contributed by atoms with E-state index in [4.69, 9.17) is 14.2 Å². The molecule has 0 aliphatic rings. The Morgan fingerprint density at radius 3 is 0.930 bits per heavy atom. The van der Waals surface area contributed by atoms with Gasteiger partial charge in [-0.25, -0.2) is 0 Å². The molecule has 0 rings (SSSR count). The standard InChI is InChI=1S/C65H108O6/c1-4-7-10-13-16-19-22-25-28-30-32-34-37-40-43-46-49-52-55-58-64(67)70-61-62(60-69-63(66)57-54-51-48-45-42-39-36-27-24-21-18-15-12-9-6-3)71-65(68)59-56-53-50-47-44-41-38-35-33-31-29-26-23-20-17-14-11-8-5-2/h7,10,13,16,19,21-22,24-25,28,30-34,37,40,43,62H,4-6,8-9,11-12,14-15,17-18,20,23,26-27,29,35-36,38-39,41-42,44-61H2,1-3H3/b10-7-,16-13-,22-19-,24-21-,28-25-,32-30+,33-31-,37-34-,43-40-. The van der Waals surface area contributed by atoms with Crippen LogP contribution in [0.5, 0.6) is 0 Å². The highest BCUT2D eigenvalue weighted by Crippen LogP contribution is 2.15. The Labute approximate surface area is 438 Å². The Bertz CT molecular complexity index is 1460. The minimum atomic E-state index is -0.804. The van der Waals surface area contributed by atoms with Gasteiger partial charge in [0.25, 0.3) is 0 Å². The minimum Gasteiger partial charge on any atom is -0.462 e. The van der Waals surface area contributed by atoms with Crippen molar-refractivity contribution in [2.75, 3.05) is 13.2 Å². The van der Waals surface area contributed by atoms with Crippen molar-refractivity contribution in [3.05, 3.63) is 109 Å². The van der Waals surface area contributed by atoms with E-state index in [9.17, 15) is 14.4 Å². The molecule has 0 bridgehead atoms. The molecule has 71 heavy (non-hydrogen) atoms. The van der Waals surface area contributed by atoms with E-state index in [0.717, 1.165) is 70.6 Å². The molecule has 0 saturated heterocycles. The fraction of sp³-hybridized carbons (Fsp3) is 0.677. The van der Waals surface area contributed by atoms with Gasteiger partial charge < -0.3 is 14.2 Å². The van der Waals surface area contributed by atoms with Gasteiger partial charge in [-0.3, -0.25) is 14.4 Å². The van der Waals surface area contributed by atoms with Crippen LogP contribution in [-0.4, -0.2) is 37.2 Å². The molecule has 0 amide bonds. The largest absolute Gasteiger partial charge is 0.462 e. The maximum absolute atomic E-state index is 12.9. The lowest BCUT2D eigenvalue weighted by atomic mass is 10.1. The number of esters is 3. The second kappa shape index (κ2) is 58.6. The van der Waals surface area contributed by atoms with Crippen LogP contribution in [0.4, 0.5) is 0 Å². The van der Waals surface area contributed by atoms with E-state index in [1.54, 1.807) is 0 Å². The van der Waals surface area contributed by atoms with Crippen molar-refractivity contribution < 1.29 is 28.6 Å². The minimum absolute atomic E-state index is 0.0979. The van der Waals surface area contributed by atoms with E-state index >= 15 is 0 Å². The van der Waals surface area contributed by atoms with Crippen molar-refractivity contribution in [1.82, 2.24) is 0 Å². The summed E-state index contributed by atoms with van der Waals surface area (Å²) in [7, 11) is 0. The van der Waals surface area contributed by atoms with Gasteiger partial charge >= 0.3 is 17.9 Å². The van der Waals surface area contributed by atoms with Crippen molar-refractivity contribution in [1.29, 1.82) is 0 Å². The quantitative estimate of drug-likeness (QED) is 0.0199. The summed E-state index contributed by atoms with van der Waals surface area (Å²) in [5.41, 5.74) is 0. The summed E-state index contributed by atoms with van der Waals surface area (Å²) in [5, 5.41) is 0. The molecule has 0 spiro atoms. The van der Waals surface area contributed by atoms with E-state index in [0.29, 0.717) is 19.3 Å². The number of ether oxygens (including phenoxy) is 3. The predicted octanol–water partition coefficient (Wildman–Crippen LogP) is 19.9. The highest BCUT2D eigenvalue weighted by atomic mass is 16.6. The molecule has 0 aliphatic heterocycles. The molecule has 6 heteroatoms. The zero-order valence-corrected chi connectivity index (χ0v) is 46.2. The van der Waals surface area contributed by atoms with Crippen LogP contribution in [0.3, 0.4) is 0 Å². The van der Waals surface area contributed by atoms with Gasteiger partial charge in [-0.2, -0.15) is 0 Å². The molecule has 0 fully saturated rings. The predicted molar refractivity (Wildman–Crippen MR) is 307 cm³/mol. The van der Waals surface area contributed by atoms with Crippen LogP contribution in [0.1, 0.15) is 265 Å². The van der Waals surface area contributed by atoms with E-state index in [-0.39, 0.29) is 31.1 Å². The van der Waals surface area contributed by atoms with E-state index in [2.05, 4.69) is 57.2 Å². The summed E-state index contributed by atoms with van der Waals surface area (Å²) < 4.78 is 16.8. The molecule has 0 saturated carbocycles. The normalized spacial score (nSPS) is 12.9. The zero-order chi connectivity index (χ0) is 51.4. The third-order valence-electron chi connectivity index (χ3n) is 12.4. The van der Waals surface area contributed by atoms with Gasteiger partial charge in [0.05, 0.1) is 0 Å². The number of carbonyl (C=O) groups excluding carboxylic acids is 3. The van der Waals surface area contributed by atoms with Gasteiger partial charge in [-0.15, -0.1) is 0 Å². The van der Waals surface area contributed by atoms with Crippen LogP contribution >= 0.6 is 0 Å². The number of unbranched alkanes of at least 4 members (excludes halogenated alkanes) is 29. The maximum atomic E-state index is 12.9. The molecule has 0 heterocycles. The van der Waals surface area contributed by atoms with Crippen LogP contribution in [0, 0.1) is 0 Å². The number of rotatable bonds is 52. The van der Waals surface area contributed by atoms with E-state index in [1.807, 2.05) is 72.9 Å². The van der Waals surface area contributed by atoms with Crippen molar-refractivity contribution in [3.8, 4) is 0 Å². The van der Waals surface area contributed by atoms with E-state index < -0.39 is 6.10 Å². The second-order valence-electron chi connectivity index (χ2n) is 19.3. The molecule has 0 aliphatic carbocycles. The first-order chi connectivity index (χ1) is 35.0.